The van der Waals surface area contributed by atoms with Gasteiger partial charge in [-0.25, -0.2) is 13.8 Å². The van der Waals surface area contributed by atoms with Gasteiger partial charge in [0.2, 0.25) is 0 Å². The number of hydrogen-bond donors (Lipinski definition) is 1. The molecule has 0 saturated heterocycles. The lowest BCUT2D eigenvalue weighted by atomic mass is 10.2. The molecule has 0 bridgehead atoms. The van der Waals surface area contributed by atoms with Gasteiger partial charge in [0, 0.05) is 0 Å². The zero-order chi connectivity index (χ0) is 27.0. The third kappa shape index (κ3) is 6.86. The van der Waals surface area contributed by atoms with Crippen molar-refractivity contribution < 1.29 is 17.9 Å². The van der Waals surface area contributed by atoms with E-state index >= 15 is 0 Å². The molecular formula is C30H29N3O4S. The van der Waals surface area contributed by atoms with E-state index in [9.17, 15) is 13.2 Å². The lowest BCUT2D eigenvalue weighted by Gasteiger charge is -2.25. The van der Waals surface area contributed by atoms with Gasteiger partial charge in [0.05, 0.1) is 16.8 Å². The average molecular weight is 528 g/mol. The second-order valence-corrected chi connectivity index (χ2v) is 10.6. The molecule has 0 heterocycles. The molecule has 0 saturated carbocycles. The molecule has 0 atom stereocenters. The van der Waals surface area contributed by atoms with Gasteiger partial charge in [-0.05, 0) is 73.0 Å². The largest absolute Gasteiger partial charge is 0.489 e. The highest BCUT2D eigenvalue weighted by Gasteiger charge is 2.28. The maximum Gasteiger partial charge on any atom is 0.264 e. The van der Waals surface area contributed by atoms with Gasteiger partial charge in [0.1, 0.15) is 18.9 Å². The fourth-order valence-corrected chi connectivity index (χ4v) is 5.20. The number of aryl methyl sites for hydroxylation is 2. The fraction of sp³-hybridized carbons (Fsp3) is 0.133. The Labute approximate surface area is 223 Å². The van der Waals surface area contributed by atoms with Gasteiger partial charge in [0.25, 0.3) is 15.9 Å². The van der Waals surface area contributed by atoms with Gasteiger partial charge in [-0.1, -0.05) is 66.2 Å². The molecule has 4 aromatic carbocycles. The Bertz CT molecular complexity index is 1500. The van der Waals surface area contributed by atoms with Crippen molar-refractivity contribution in [3.05, 3.63) is 125 Å². The lowest BCUT2D eigenvalue weighted by Crippen LogP contribution is -2.40. The maximum atomic E-state index is 13.5. The van der Waals surface area contributed by atoms with Crippen LogP contribution >= 0.6 is 0 Å². The predicted octanol–water partition coefficient (Wildman–Crippen LogP) is 5.23. The normalized spacial score (nSPS) is 11.3. The number of para-hydroxylation sites is 1. The summed E-state index contributed by atoms with van der Waals surface area (Å²) in [5.74, 6) is 0.147. The van der Waals surface area contributed by atoms with Gasteiger partial charge in [-0.2, -0.15) is 5.10 Å². The Morgan fingerprint density at radius 3 is 2.21 bits per heavy atom. The highest BCUT2D eigenvalue weighted by atomic mass is 32.2. The third-order valence-electron chi connectivity index (χ3n) is 5.81. The van der Waals surface area contributed by atoms with Crippen molar-refractivity contribution in [2.24, 2.45) is 5.10 Å². The molecule has 38 heavy (non-hydrogen) atoms. The molecule has 4 rings (SSSR count). The molecule has 0 aliphatic rings. The summed E-state index contributed by atoms with van der Waals surface area (Å²) in [7, 11) is -3.99. The zero-order valence-corrected chi connectivity index (χ0v) is 22.1. The summed E-state index contributed by atoms with van der Waals surface area (Å²) in [4.78, 5) is 12.9. The van der Waals surface area contributed by atoms with Crippen molar-refractivity contribution in [1.82, 2.24) is 5.43 Å². The Hall–Kier alpha value is -4.43. The van der Waals surface area contributed by atoms with E-state index < -0.39 is 22.5 Å². The van der Waals surface area contributed by atoms with Crippen molar-refractivity contribution in [2.75, 3.05) is 10.8 Å². The number of carbonyl (C=O) groups excluding carboxylic acids is 1. The molecule has 4 aromatic rings. The van der Waals surface area contributed by atoms with Crippen LogP contribution in [0.2, 0.25) is 0 Å². The van der Waals surface area contributed by atoms with E-state index in [-0.39, 0.29) is 4.90 Å². The standard InChI is InChI=1S/C30H29N3O4S/c1-23-12-18-28(19-13-23)38(35,36)33(29-11-7-6-8-24(29)2)21-30(34)32-31-20-25-14-16-27(17-15-25)37-22-26-9-4-3-5-10-26/h3-20H,21-22H2,1-2H3,(H,32,34)/b31-20+. The quantitative estimate of drug-likeness (QED) is 0.226. The van der Waals surface area contributed by atoms with E-state index in [0.29, 0.717) is 18.0 Å². The first-order chi connectivity index (χ1) is 18.3. The van der Waals surface area contributed by atoms with Gasteiger partial charge >= 0.3 is 0 Å². The molecular weight excluding hydrogens is 498 g/mol. The molecule has 0 spiro atoms. The molecule has 7 nitrogen and oxygen atoms in total. The van der Waals surface area contributed by atoms with Crippen LogP contribution in [-0.4, -0.2) is 27.1 Å². The van der Waals surface area contributed by atoms with Gasteiger partial charge in [-0.15, -0.1) is 0 Å². The molecule has 0 aromatic heterocycles. The summed E-state index contributed by atoms with van der Waals surface area (Å²) in [6.07, 6.45) is 1.49. The zero-order valence-electron chi connectivity index (χ0n) is 21.2. The molecule has 1 N–H and O–H groups in total. The number of hydrazone groups is 1. The number of nitrogens with one attached hydrogen (secondary N) is 1. The number of ether oxygens (including phenoxy) is 1. The van der Waals surface area contributed by atoms with Crippen LogP contribution in [-0.2, 0) is 21.4 Å². The summed E-state index contributed by atoms with van der Waals surface area (Å²) < 4.78 is 33.9. The minimum absolute atomic E-state index is 0.109. The first-order valence-corrected chi connectivity index (χ1v) is 13.5. The Kier molecular flexibility index (Phi) is 8.55. The number of sulfonamides is 1. The van der Waals surface area contributed by atoms with E-state index in [1.165, 1.54) is 6.21 Å². The number of hydrogen-bond acceptors (Lipinski definition) is 5. The van der Waals surface area contributed by atoms with Crippen molar-refractivity contribution in [3.8, 4) is 5.75 Å². The third-order valence-corrected chi connectivity index (χ3v) is 7.59. The lowest BCUT2D eigenvalue weighted by molar-refractivity contribution is -0.119. The summed E-state index contributed by atoms with van der Waals surface area (Å²) in [5, 5.41) is 4.01. The van der Waals surface area contributed by atoms with Crippen LogP contribution in [0.15, 0.2) is 113 Å². The first kappa shape index (κ1) is 26.6. The highest BCUT2D eigenvalue weighted by molar-refractivity contribution is 7.92. The first-order valence-electron chi connectivity index (χ1n) is 12.1. The minimum Gasteiger partial charge on any atom is -0.489 e. The van der Waals surface area contributed by atoms with E-state index in [1.807, 2.05) is 67.6 Å². The second kappa shape index (κ2) is 12.2. The van der Waals surface area contributed by atoms with Gasteiger partial charge in [-0.3, -0.25) is 9.10 Å². The van der Waals surface area contributed by atoms with Crippen LogP contribution in [0.25, 0.3) is 0 Å². The molecule has 0 radical (unpaired) electrons. The fourth-order valence-electron chi connectivity index (χ4n) is 3.72. The van der Waals surface area contributed by atoms with Crippen molar-refractivity contribution in [1.29, 1.82) is 0 Å². The van der Waals surface area contributed by atoms with Crippen LogP contribution in [0, 0.1) is 13.8 Å². The van der Waals surface area contributed by atoms with Gasteiger partial charge < -0.3 is 4.74 Å². The number of rotatable bonds is 10. The Balaban J connectivity index is 1.42. The summed E-state index contributed by atoms with van der Waals surface area (Å²) in [6, 6.07) is 30.7. The van der Waals surface area contributed by atoms with Crippen molar-refractivity contribution >= 4 is 27.8 Å². The predicted molar refractivity (Wildman–Crippen MR) is 150 cm³/mol. The smallest absolute Gasteiger partial charge is 0.264 e. The van der Waals surface area contributed by atoms with E-state index in [2.05, 4.69) is 10.5 Å². The van der Waals surface area contributed by atoms with Crippen LogP contribution in [0.4, 0.5) is 5.69 Å². The highest BCUT2D eigenvalue weighted by Crippen LogP contribution is 2.26. The monoisotopic (exact) mass is 527 g/mol. The number of amides is 1. The molecule has 0 fully saturated rings. The molecule has 194 valence electrons. The summed E-state index contributed by atoms with van der Waals surface area (Å²) >= 11 is 0. The van der Waals surface area contributed by atoms with E-state index in [0.717, 1.165) is 26.6 Å². The van der Waals surface area contributed by atoms with E-state index in [4.69, 9.17) is 4.74 Å². The SMILES string of the molecule is Cc1ccc(S(=O)(=O)N(CC(=O)N/N=C/c2ccc(OCc3ccccc3)cc2)c2ccccc2C)cc1. The van der Waals surface area contributed by atoms with Gasteiger partial charge in [0.15, 0.2) is 0 Å². The Morgan fingerprint density at radius 2 is 1.53 bits per heavy atom. The Morgan fingerprint density at radius 1 is 0.868 bits per heavy atom. The second-order valence-electron chi connectivity index (χ2n) is 8.75. The number of nitrogens with zero attached hydrogens (tertiary/aromatic N) is 2. The topological polar surface area (TPSA) is 88.1 Å². The van der Waals surface area contributed by atoms with Crippen molar-refractivity contribution in [2.45, 2.75) is 25.3 Å². The van der Waals surface area contributed by atoms with Crippen molar-refractivity contribution in [3.63, 3.8) is 0 Å². The molecule has 1 amide bonds. The molecule has 0 aliphatic heterocycles. The summed E-state index contributed by atoms with van der Waals surface area (Å²) in [6.45, 7) is 3.72. The van der Waals surface area contributed by atoms with Crippen LogP contribution in [0.1, 0.15) is 22.3 Å². The maximum absolute atomic E-state index is 13.5. The van der Waals surface area contributed by atoms with Crippen LogP contribution in [0.5, 0.6) is 5.75 Å². The number of carbonyl (C=O) groups is 1. The molecule has 8 heteroatoms. The number of anilines is 1. The van der Waals surface area contributed by atoms with Crippen LogP contribution < -0.4 is 14.5 Å². The molecule has 0 aliphatic carbocycles. The summed E-state index contributed by atoms with van der Waals surface area (Å²) in [5.41, 5.74) is 6.36. The van der Waals surface area contributed by atoms with Crippen LogP contribution in [0.3, 0.4) is 0 Å². The average Bonchev–Trinajstić information content (AvgIpc) is 2.92. The van der Waals surface area contributed by atoms with E-state index in [1.54, 1.807) is 49.4 Å². The molecule has 0 unspecified atom stereocenters. The number of benzene rings is 4. The minimum atomic E-state index is -3.99.